The van der Waals surface area contributed by atoms with Crippen molar-refractivity contribution in [3.63, 3.8) is 0 Å². The summed E-state index contributed by atoms with van der Waals surface area (Å²) in [6, 6.07) is 0. The quantitative estimate of drug-likeness (QED) is 0.519. The zero-order valence-corrected chi connectivity index (χ0v) is 16.7. The van der Waals surface area contributed by atoms with Crippen molar-refractivity contribution < 1.29 is 19.1 Å². The van der Waals surface area contributed by atoms with Crippen LogP contribution in [-0.4, -0.2) is 24.1 Å². The molecule has 0 fully saturated rings. The Bertz CT molecular complexity index is 624. The number of carbonyl (C=O) groups is 2. The summed E-state index contributed by atoms with van der Waals surface area (Å²) >= 11 is 0. The molecular formula is C22H32O4. The van der Waals surface area contributed by atoms with E-state index in [-0.39, 0.29) is 36.0 Å². The topological polar surface area (TPSA) is 52.6 Å². The minimum absolute atomic E-state index is 0.0519. The van der Waals surface area contributed by atoms with Crippen molar-refractivity contribution in [2.45, 2.75) is 78.9 Å². The minimum atomic E-state index is -0.331. The van der Waals surface area contributed by atoms with Gasteiger partial charge in [-0.1, -0.05) is 37.1 Å². The zero-order chi connectivity index (χ0) is 19.3. The van der Waals surface area contributed by atoms with Crippen molar-refractivity contribution in [1.29, 1.82) is 0 Å². The lowest BCUT2D eigenvalue weighted by Gasteiger charge is -2.33. The van der Waals surface area contributed by atoms with Crippen LogP contribution in [0, 0.1) is 11.8 Å². The Balaban J connectivity index is 2.37. The normalized spacial score (nSPS) is 31.8. The van der Waals surface area contributed by atoms with E-state index in [1.807, 2.05) is 6.08 Å². The molecule has 0 radical (unpaired) electrons. The van der Waals surface area contributed by atoms with E-state index in [0.717, 1.165) is 24.8 Å². The number of hydrogen-bond donors (Lipinski definition) is 0. The molecule has 1 heterocycles. The summed E-state index contributed by atoms with van der Waals surface area (Å²) in [6.07, 6.45) is 9.99. The first-order chi connectivity index (χ1) is 12.3. The van der Waals surface area contributed by atoms with Gasteiger partial charge in [0, 0.05) is 24.8 Å². The van der Waals surface area contributed by atoms with Crippen LogP contribution in [-0.2, 0) is 19.1 Å². The molecule has 0 saturated heterocycles. The van der Waals surface area contributed by atoms with Crippen molar-refractivity contribution >= 4 is 11.9 Å². The van der Waals surface area contributed by atoms with Gasteiger partial charge in [0.1, 0.15) is 12.2 Å². The van der Waals surface area contributed by atoms with E-state index in [2.05, 4.69) is 39.8 Å². The zero-order valence-electron chi connectivity index (χ0n) is 16.7. The smallest absolute Gasteiger partial charge is 0.334 e. The van der Waals surface area contributed by atoms with Gasteiger partial charge in [-0.2, -0.15) is 0 Å². The second-order valence-electron chi connectivity index (χ2n) is 7.91. The number of fused-ring (bicyclic) bond motifs is 1. The van der Waals surface area contributed by atoms with E-state index in [1.165, 1.54) is 18.1 Å². The molecule has 0 amide bonds. The van der Waals surface area contributed by atoms with Gasteiger partial charge in [-0.3, -0.25) is 4.79 Å². The highest BCUT2D eigenvalue weighted by molar-refractivity contribution is 5.90. The van der Waals surface area contributed by atoms with E-state index in [0.29, 0.717) is 12.8 Å². The average Bonchev–Trinajstić information content (AvgIpc) is 2.86. The first-order valence-electron chi connectivity index (χ1n) is 9.68. The molecule has 0 unspecified atom stereocenters. The Hall–Kier alpha value is -1.84. The SMILES string of the molecule is CC(=O)O[C@@H]1C/C(C)=C\CC/C(C)=C\CCC2=C[C@@H](OC2=O)[C@@H]1C(C)C. The lowest BCUT2D eigenvalue weighted by molar-refractivity contribution is -0.155. The second kappa shape index (κ2) is 9.20. The fourth-order valence-electron chi connectivity index (χ4n) is 3.89. The maximum Gasteiger partial charge on any atom is 0.334 e. The molecule has 0 aromatic carbocycles. The van der Waals surface area contributed by atoms with Crippen LogP contribution < -0.4 is 0 Å². The Morgan fingerprint density at radius 3 is 2.46 bits per heavy atom. The number of rotatable bonds is 2. The average molecular weight is 360 g/mol. The molecule has 0 spiro atoms. The number of ether oxygens (including phenoxy) is 2. The van der Waals surface area contributed by atoms with Crippen molar-refractivity contribution in [2.24, 2.45) is 11.8 Å². The molecule has 2 aliphatic rings. The van der Waals surface area contributed by atoms with E-state index >= 15 is 0 Å². The minimum Gasteiger partial charge on any atom is -0.462 e. The lowest BCUT2D eigenvalue weighted by atomic mass is 9.82. The van der Waals surface area contributed by atoms with Crippen molar-refractivity contribution in [3.05, 3.63) is 34.9 Å². The van der Waals surface area contributed by atoms with Crippen molar-refractivity contribution in [3.8, 4) is 0 Å². The molecule has 1 aliphatic heterocycles. The molecule has 0 aromatic rings. The number of carbonyl (C=O) groups excluding carboxylic acids is 2. The van der Waals surface area contributed by atoms with Gasteiger partial charge in [0.15, 0.2) is 0 Å². The second-order valence-corrected chi connectivity index (χ2v) is 7.91. The highest BCUT2D eigenvalue weighted by atomic mass is 16.6. The highest BCUT2D eigenvalue weighted by Crippen LogP contribution is 2.34. The van der Waals surface area contributed by atoms with Gasteiger partial charge < -0.3 is 9.47 Å². The number of allylic oxidation sites excluding steroid dienone is 3. The molecular weight excluding hydrogens is 328 g/mol. The summed E-state index contributed by atoms with van der Waals surface area (Å²) in [5.41, 5.74) is 3.29. The maximum atomic E-state index is 12.3. The predicted octanol–water partition coefficient (Wildman–Crippen LogP) is 4.90. The van der Waals surface area contributed by atoms with Crippen LogP contribution in [0.1, 0.15) is 66.7 Å². The van der Waals surface area contributed by atoms with E-state index < -0.39 is 0 Å². The standard InChI is InChI=1S/C22H32O4/c1-14(2)21-19(25-17(5)23)12-16(4)10-6-8-15(3)9-7-11-18-13-20(21)26-22(18)24/h9-10,13-14,19-21H,6-8,11-12H2,1-5H3/b15-9-,16-10-/t19-,20-,21-/m1/s1. The summed E-state index contributed by atoms with van der Waals surface area (Å²) in [5.74, 6) is -0.350. The molecule has 0 saturated carbocycles. The van der Waals surface area contributed by atoms with Crippen LogP contribution >= 0.6 is 0 Å². The van der Waals surface area contributed by atoms with Crippen LogP contribution in [0.3, 0.4) is 0 Å². The fraction of sp³-hybridized carbons (Fsp3) is 0.636. The van der Waals surface area contributed by atoms with E-state index in [1.54, 1.807) is 0 Å². The lowest BCUT2D eigenvalue weighted by Crippen LogP contribution is -2.38. The van der Waals surface area contributed by atoms with Gasteiger partial charge in [-0.25, -0.2) is 4.79 Å². The molecule has 0 N–H and O–H groups in total. The third-order valence-electron chi connectivity index (χ3n) is 5.23. The van der Waals surface area contributed by atoms with Crippen LogP contribution in [0.15, 0.2) is 34.9 Å². The van der Waals surface area contributed by atoms with Gasteiger partial charge in [0.2, 0.25) is 0 Å². The van der Waals surface area contributed by atoms with Crippen LogP contribution in [0.25, 0.3) is 0 Å². The van der Waals surface area contributed by atoms with Crippen LogP contribution in [0.4, 0.5) is 0 Å². The van der Waals surface area contributed by atoms with E-state index in [4.69, 9.17) is 9.47 Å². The van der Waals surface area contributed by atoms with Crippen molar-refractivity contribution in [1.82, 2.24) is 0 Å². The number of esters is 2. The maximum absolute atomic E-state index is 12.3. The monoisotopic (exact) mass is 360 g/mol. The summed E-state index contributed by atoms with van der Waals surface area (Å²) < 4.78 is 11.4. The van der Waals surface area contributed by atoms with Crippen LogP contribution in [0.5, 0.6) is 0 Å². The molecule has 2 rings (SSSR count). The highest BCUT2D eigenvalue weighted by Gasteiger charge is 2.39. The fourth-order valence-corrected chi connectivity index (χ4v) is 3.89. The molecule has 3 atom stereocenters. The Morgan fingerprint density at radius 1 is 1.15 bits per heavy atom. The first kappa shape index (κ1) is 20.5. The Labute approximate surface area is 157 Å². The van der Waals surface area contributed by atoms with Gasteiger partial charge >= 0.3 is 11.9 Å². The van der Waals surface area contributed by atoms with Gasteiger partial charge in [-0.05, 0) is 51.5 Å². The summed E-state index contributed by atoms with van der Waals surface area (Å²) in [7, 11) is 0. The third kappa shape index (κ3) is 5.58. The molecule has 4 nitrogen and oxygen atoms in total. The molecule has 26 heavy (non-hydrogen) atoms. The summed E-state index contributed by atoms with van der Waals surface area (Å²) in [5, 5.41) is 0. The van der Waals surface area contributed by atoms with Gasteiger partial charge in [-0.15, -0.1) is 0 Å². The third-order valence-corrected chi connectivity index (χ3v) is 5.23. The molecule has 2 bridgehead atoms. The Kier molecular flexibility index (Phi) is 7.24. The van der Waals surface area contributed by atoms with E-state index in [9.17, 15) is 9.59 Å². The van der Waals surface area contributed by atoms with Crippen LogP contribution in [0.2, 0.25) is 0 Å². The molecule has 0 aromatic heterocycles. The molecule has 144 valence electrons. The Morgan fingerprint density at radius 2 is 1.81 bits per heavy atom. The van der Waals surface area contributed by atoms with Crippen molar-refractivity contribution in [2.75, 3.05) is 0 Å². The molecule has 4 heteroatoms. The largest absolute Gasteiger partial charge is 0.462 e. The number of hydrogen-bond acceptors (Lipinski definition) is 4. The summed E-state index contributed by atoms with van der Waals surface area (Å²) in [6.45, 7) is 9.85. The first-order valence-corrected chi connectivity index (χ1v) is 9.68. The summed E-state index contributed by atoms with van der Waals surface area (Å²) in [4.78, 5) is 24.0. The predicted molar refractivity (Wildman–Crippen MR) is 102 cm³/mol. The van der Waals surface area contributed by atoms with Gasteiger partial charge in [0.25, 0.3) is 0 Å². The van der Waals surface area contributed by atoms with Gasteiger partial charge in [0.05, 0.1) is 0 Å². The molecule has 1 aliphatic carbocycles.